The molecule has 1 aromatic heterocycles. The zero-order valence-electron chi connectivity index (χ0n) is 25.5. The lowest BCUT2D eigenvalue weighted by molar-refractivity contribution is -0.122. The number of β-amino-alcohol motifs (C(OH)–C–C–N with tert-alkyl or cyclic N) is 1. The van der Waals surface area contributed by atoms with Crippen LogP contribution in [-0.4, -0.2) is 112 Å². The number of piperazine rings is 1. The summed E-state index contributed by atoms with van der Waals surface area (Å²) < 4.78 is 35.4. The standard InChI is InChI=1S/C29H29ClF2N8O5.CH2O2/c1-38-21(18-4-5-23(45-11-6-33)25(32)24(18)31)14-35-26(38)27(42)36-16-2-3-17(19(30)12-16)28(43)39-7-9-40(10-8-39)29(44)37-20-13-34-15-22(20)41;2-1-3/h2-5,12,14,20,22,34,41H,7-11,13,15H2,1H3,(H,36,42)(H,37,44);1H,(H,2,3)/t20-,22-;/m0./s1. The molecule has 2 aromatic carbocycles. The van der Waals surface area contributed by atoms with E-state index < -0.39 is 36.0 Å². The molecule has 5 rings (SSSR count). The highest BCUT2D eigenvalue weighted by atomic mass is 35.5. The normalized spacial score (nSPS) is 17.1. The SMILES string of the molecule is Cn1c(-c2ccc(OCC#N)c(F)c2F)cnc1C(=O)Nc1ccc(C(=O)N2CCN(C(=O)N[C@H]3CNC[C@@H]3O)CC2)c(Cl)c1.O=CO. The number of nitriles is 1. The van der Waals surface area contributed by atoms with Gasteiger partial charge in [-0.1, -0.05) is 11.6 Å². The highest BCUT2D eigenvalue weighted by Crippen LogP contribution is 2.30. The van der Waals surface area contributed by atoms with Crippen LogP contribution in [0.5, 0.6) is 5.75 Å². The van der Waals surface area contributed by atoms with Gasteiger partial charge in [0.2, 0.25) is 5.82 Å². The molecule has 2 aliphatic heterocycles. The van der Waals surface area contributed by atoms with Gasteiger partial charge in [0, 0.05) is 57.6 Å². The number of ether oxygens (including phenoxy) is 1. The predicted octanol–water partition coefficient (Wildman–Crippen LogP) is 1.67. The molecule has 0 radical (unpaired) electrons. The topological polar surface area (TPSA) is 202 Å². The lowest BCUT2D eigenvalue weighted by atomic mass is 10.1. The zero-order valence-corrected chi connectivity index (χ0v) is 26.2. The number of nitrogens with one attached hydrogen (secondary N) is 3. The summed E-state index contributed by atoms with van der Waals surface area (Å²) in [6, 6.07) is 7.84. The minimum atomic E-state index is -1.27. The highest BCUT2D eigenvalue weighted by Gasteiger charge is 2.31. The fourth-order valence-electron chi connectivity index (χ4n) is 5.12. The molecule has 3 heterocycles. The van der Waals surface area contributed by atoms with Gasteiger partial charge in [-0.05, 0) is 30.3 Å². The summed E-state index contributed by atoms with van der Waals surface area (Å²) in [4.78, 5) is 54.3. The molecule has 4 amide bonds. The van der Waals surface area contributed by atoms with Crippen LogP contribution in [0.15, 0.2) is 36.5 Å². The third-order valence-electron chi connectivity index (χ3n) is 7.61. The lowest BCUT2D eigenvalue weighted by Crippen LogP contribution is -2.56. The maximum Gasteiger partial charge on any atom is 0.317 e. The largest absolute Gasteiger partial charge is 0.483 e. The Bertz CT molecular complexity index is 1730. The highest BCUT2D eigenvalue weighted by molar-refractivity contribution is 6.34. The molecule has 0 saturated carbocycles. The fraction of sp³-hybridized carbons (Fsp3) is 0.333. The Kier molecular flexibility index (Phi) is 11.8. The first-order valence-electron chi connectivity index (χ1n) is 14.4. The van der Waals surface area contributed by atoms with Gasteiger partial charge in [0.05, 0.1) is 34.6 Å². The number of nitrogens with zero attached hydrogens (tertiary/aromatic N) is 5. The Hall–Kier alpha value is -5.31. The molecule has 2 atom stereocenters. The average molecular weight is 689 g/mol. The number of carbonyl (C=O) groups is 4. The van der Waals surface area contributed by atoms with Crippen LogP contribution in [0.4, 0.5) is 19.3 Å². The number of aliphatic hydroxyl groups excluding tert-OH is 1. The van der Waals surface area contributed by atoms with Crippen LogP contribution in [0.1, 0.15) is 21.0 Å². The first kappa shape index (κ1) is 35.5. The molecule has 0 spiro atoms. The van der Waals surface area contributed by atoms with Crippen LogP contribution in [0.3, 0.4) is 0 Å². The number of urea groups is 1. The smallest absolute Gasteiger partial charge is 0.317 e. The van der Waals surface area contributed by atoms with Gasteiger partial charge in [0.25, 0.3) is 18.3 Å². The van der Waals surface area contributed by atoms with Crippen LogP contribution in [-0.2, 0) is 11.8 Å². The third kappa shape index (κ3) is 7.97. The van der Waals surface area contributed by atoms with E-state index >= 15 is 0 Å². The average Bonchev–Trinajstić information content (AvgIpc) is 3.66. The van der Waals surface area contributed by atoms with Crippen molar-refractivity contribution >= 4 is 41.6 Å². The van der Waals surface area contributed by atoms with E-state index in [1.165, 1.54) is 48.1 Å². The van der Waals surface area contributed by atoms with Crippen molar-refractivity contribution in [3.63, 3.8) is 0 Å². The molecule has 0 aliphatic carbocycles. The van der Waals surface area contributed by atoms with Gasteiger partial charge in [-0.25, -0.2) is 14.2 Å². The molecule has 15 nitrogen and oxygen atoms in total. The Labute approximate surface area is 277 Å². The van der Waals surface area contributed by atoms with E-state index in [-0.39, 0.29) is 70.9 Å². The second-order valence-corrected chi connectivity index (χ2v) is 10.9. The molecule has 2 aliphatic rings. The second kappa shape index (κ2) is 16.0. The molecule has 0 unspecified atom stereocenters. The number of aromatic nitrogens is 2. The van der Waals surface area contributed by atoms with Crippen molar-refractivity contribution in [1.82, 2.24) is 30.0 Å². The molecule has 5 N–H and O–H groups in total. The van der Waals surface area contributed by atoms with Crippen molar-refractivity contribution in [3.8, 4) is 23.1 Å². The second-order valence-electron chi connectivity index (χ2n) is 10.5. The van der Waals surface area contributed by atoms with Gasteiger partial charge >= 0.3 is 6.03 Å². The molecular formula is C30H31ClF2N8O7. The van der Waals surface area contributed by atoms with Gasteiger partial charge in [0.1, 0.15) is 6.07 Å². The summed E-state index contributed by atoms with van der Waals surface area (Å²) >= 11 is 6.42. The van der Waals surface area contributed by atoms with Crippen molar-refractivity contribution in [3.05, 3.63) is 64.6 Å². The molecular weight excluding hydrogens is 658 g/mol. The number of halogens is 3. The molecule has 2 fully saturated rings. The number of hydrogen-bond donors (Lipinski definition) is 5. The number of imidazole rings is 1. The maximum absolute atomic E-state index is 14.8. The van der Waals surface area contributed by atoms with Crippen molar-refractivity contribution in [2.24, 2.45) is 7.05 Å². The van der Waals surface area contributed by atoms with E-state index in [0.717, 1.165) is 0 Å². The number of amides is 4. The zero-order chi connectivity index (χ0) is 35.0. The summed E-state index contributed by atoms with van der Waals surface area (Å²) in [6.45, 7) is 1.39. The molecule has 0 bridgehead atoms. The number of hydrogen-bond acceptors (Lipinski definition) is 9. The quantitative estimate of drug-likeness (QED) is 0.227. The van der Waals surface area contributed by atoms with Crippen LogP contribution in [0, 0.1) is 23.0 Å². The Balaban J connectivity index is 0.00000167. The maximum atomic E-state index is 14.8. The number of aliphatic hydroxyl groups is 1. The van der Waals surface area contributed by atoms with Gasteiger partial charge in [-0.3, -0.25) is 14.4 Å². The minimum Gasteiger partial charge on any atom is -0.483 e. The lowest BCUT2D eigenvalue weighted by Gasteiger charge is -2.35. The third-order valence-corrected chi connectivity index (χ3v) is 7.92. The fourth-order valence-corrected chi connectivity index (χ4v) is 5.38. The van der Waals surface area contributed by atoms with Gasteiger partial charge in [-0.2, -0.15) is 9.65 Å². The number of rotatable bonds is 7. The van der Waals surface area contributed by atoms with E-state index in [1.54, 1.807) is 15.9 Å². The van der Waals surface area contributed by atoms with E-state index in [2.05, 4.69) is 20.9 Å². The molecule has 48 heavy (non-hydrogen) atoms. The number of benzene rings is 2. The van der Waals surface area contributed by atoms with Crippen molar-refractivity contribution in [1.29, 1.82) is 5.26 Å². The van der Waals surface area contributed by atoms with E-state index in [4.69, 9.17) is 31.5 Å². The van der Waals surface area contributed by atoms with Crippen LogP contribution < -0.4 is 20.7 Å². The first-order chi connectivity index (χ1) is 23.0. The first-order valence-corrected chi connectivity index (χ1v) is 14.8. The predicted molar refractivity (Wildman–Crippen MR) is 166 cm³/mol. The minimum absolute atomic E-state index is 0.0949. The Morgan fingerprint density at radius 1 is 1.15 bits per heavy atom. The number of anilines is 1. The van der Waals surface area contributed by atoms with E-state index in [9.17, 15) is 28.3 Å². The van der Waals surface area contributed by atoms with Crippen LogP contribution >= 0.6 is 11.6 Å². The number of carboxylic acid groups (broad SMARTS) is 1. The Morgan fingerprint density at radius 3 is 2.46 bits per heavy atom. The van der Waals surface area contributed by atoms with Crippen LogP contribution in [0.2, 0.25) is 5.02 Å². The van der Waals surface area contributed by atoms with E-state index in [0.29, 0.717) is 26.2 Å². The van der Waals surface area contributed by atoms with Crippen molar-refractivity contribution in [2.45, 2.75) is 12.1 Å². The summed E-state index contributed by atoms with van der Waals surface area (Å²) in [7, 11) is 1.46. The monoisotopic (exact) mass is 688 g/mol. The molecule has 2 saturated heterocycles. The Morgan fingerprint density at radius 2 is 1.83 bits per heavy atom. The molecule has 18 heteroatoms. The summed E-state index contributed by atoms with van der Waals surface area (Å²) in [6.07, 6.45) is 0.569. The van der Waals surface area contributed by atoms with Gasteiger partial charge < -0.3 is 45.3 Å². The summed E-state index contributed by atoms with van der Waals surface area (Å²) in [5.41, 5.74) is 0.440. The van der Waals surface area contributed by atoms with Crippen molar-refractivity contribution in [2.75, 3.05) is 51.2 Å². The van der Waals surface area contributed by atoms with Crippen molar-refractivity contribution < 1.29 is 42.9 Å². The van der Waals surface area contributed by atoms with Gasteiger partial charge in [0.15, 0.2) is 24.0 Å². The number of carbonyl (C=O) groups excluding carboxylic acids is 3. The van der Waals surface area contributed by atoms with E-state index in [1.807, 2.05) is 0 Å². The van der Waals surface area contributed by atoms with Gasteiger partial charge in [-0.15, -0.1) is 0 Å². The van der Waals surface area contributed by atoms with Crippen LogP contribution in [0.25, 0.3) is 11.3 Å². The summed E-state index contributed by atoms with van der Waals surface area (Å²) in [5.74, 6) is -4.01. The molecule has 254 valence electrons. The summed E-state index contributed by atoms with van der Waals surface area (Å²) in [5, 5.41) is 33.9. The molecule has 3 aromatic rings.